The third-order valence-electron chi connectivity index (χ3n) is 2.75. The molecule has 0 amide bonds. The zero-order valence-electron chi connectivity index (χ0n) is 10.6. The van der Waals surface area contributed by atoms with Gasteiger partial charge in [-0.15, -0.1) is 11.6 Å². The average Bonchev–Trinajstić information content (AvgIpc) is 2.56. The van der Waals surface area contributed by atoms with Gasteiger partial charge in [0.05, 0.1) is 16.1 Å². The maximum Gasteiger partial charge on any atom is 0.144 e. The van der Waals surface area contributed by atoms with Gasteiger partial charge in [0, 0.05) is 23.9 Å². The van der Waals surface area contributed by atoms with Gasteiger partial charge >= 0.3 is 0 Å². The molecule has 0 aliphatic heterocycles. The van der Waals surface area contributed by atoms with Crippen molar-refractivity contribution in [3.63, 3.8) is 0 Å². The summed E-state index contributed by atoms with van der Waals surface area (Å²) in [4.78, 5) is 4.45. The lowest BCUT2D eigenvalue weighted by molar-refractivity contribution is 0.395. The lowest BCUT2D eigenvalue weighted by atomic mass is 10.1. The highest BCUT2D eigenvalue weighted by atomic mass is 35.5. The van der Waals surface area contributed by atoms with Crippen LogP contribution in [0, 0.1) is 5.82 Å². The van der Waals surface area contributed by atoms with E-state index in [1.807, 2.05) is 0 Å². The molecular formula is C13H15Cl2FN2. The predicted octanol–water partition coefficient (Wildman–Crippen LogP) is 4.37. The van der Waals surface area contributed by atoms with Crippen molar-refractivity contribution in [1.29, 1.82) is 0 Å². The molecule has 98 valence electrons. The monoisotopic (exact) mass is 288 g/mol. The summed E-state index contributed by atoms with van der Waals surface area (Å²) in [5.41, 5.74) is 1.30. The van der Waals surface area contributed by atoms with E-state index in [1.54, 1.807) is 6.07 Å². The summed E-state index contributed by atoms with van der Waals surface area (Å²) < 4.78 is 15.5. The fraction of sp³-hybridized carbons (Fsp3) is 0.462. The Kier molecular flexibility index (Phi) is 3.56. The van der Waals surface area contributed by atoms with Crippen molar-refractivity contribution in [2.75, 3.05) is 5.88 Å². The van der Waals surface area contributed by atoms with Crippen molar-refractivity contribution in [3.8, 4) is 0 Å². The van der Waals surface area contributed by atoms with E-state index in [9.17, 15) is 4.39 Å². The zero-order chi connectivity index (χ0) is 13.5. The molecule has 1 aromatic carbocycles. The molecule has 0 saturated carbocycles. The summed E-state index contributed by atoms with van der Waals surface area (Å²) in [5.74, 6) is 0.893. The Hall–Kier alpha value is -0.800. The first-order chi connectivity index (χ1) is 8.34. The van der Waals surface area contributed by atoms with Gasteiger partial charge in [-0.05, 0) is 26.8 Å². The maximum absolute atomic E-state index is 13.5. The molecule has 0 atom stereocenters. The van der Waals surface area contributed by atoms with Crippen LogP contribution in [0.15, 0.2) is 12.1 Å². The Morgan fingerprint density at radius 2 is 2.00 bits per heavy atom. The average molecular weight is 289 g/mol. The van der Waals surface area contributed by atoms with Crippen molar-refractivity contribution < 1.29 is 4.39 Å². The van der Waals surface area contributed by atoms with Crippen molar-refractivity contribution in [2.24, 2.45) is 0 Å². The lowest BCUT2D eigenvalue weighted by Crippen LogP contribution is -2.24. The molecule has 2 aromatic rings. The van der Waals surface area contributed by atoms with Gasteiger partial charge in [0.2, 0.25) is 0 Å². The summed E-state index contributed by atoms with van der Waals surface area (Å²) in [6.07, 6.45) is 0.646. The van der Waals surface area contributed by atoms with Crippen LogP contribution in [0.4, 0.5) is 4.39 Å². The van der Waals surface area contributed by atoms with Crippen LogP contribution in [-0.4, -0.2) is 15.4 Å². The van der Waals surface area contributed by atoms with Gasteiger partial charge < -0.3 is 4.57 Å². The van der Waals surface area contributed by atoms with E-state index in [0.29, 0.717) is 17.8 Å². The SMILES string of the molecule is CC(C)(C)n1c(CCCl)nc2cc(F)c(Cl)cc21. The first-order valence-corrected chi connectivity index (χ1v) is 6.68. The van der Waals surface area contributed by atoms with Gasteiger partial charge in [0.15, 0.2) is 0 Å². The number of nitrogens with zero attached hydrogens (tertiary/aromatic N) is 2. The van der Waals surface area contributed by atoms with Crippen LogP contribution in [0.2, 0.25) is 5.02 Å². The fourth-order valence-corrected chi connectivity index (χ4v) is 2.45. The number of hydrogen-bond donors (Lipinski definition) is 0. The maximum atomic E-state index is 13.5. The molecule has 0 fully saturated rings. The number of alkyl halides is 1. The highest BCUT2D eigenvalue weighted by molar-refractivity contribution is 6.31. The molecular weight excluding hydrogens is 274 g/mol. The number of fused-ring (bicyclic) bond motifs is 1. The highest BCUT2D eigenvalue weighted by Crippen LogP contribution is 2.29. The van der Waals surface area contributed by atoms with E-state index in [4.69, 9.17) is 23.2 Å². The Balaban J connectivity index is 2.77. The van der Waals surface area contributed by atoms with Gasteiger partial charge in [-0.2, -0.15) is 0 Å². The smallest absolute Gasteiger partial charge is 0.144 e. The van der Waals surface area contributed by atoms with Crippen LogP contribution in [0.5, 0.6) is 0 Å². The first kappa shape index (κ1) is 13.6. The standard InChI is InChI=1S/C13H15Cl2FN2/c1-13(2,3)18-11-6-8(15)9(16)7-10(11)17-12(18)4-5-14/h6-7H,4-5H2,1-3H3. The molecule has 0 radical (unpaired) electrons. The van der Waals surface area contributed by atoms with Crippen molar-refractivity contribution >= 4 is 34.2 Å². The lowest BCUT2D eigenvalue weighted by Gasteiger charge is -2.24. The van der Waals surface area contributed by atoms with Crippen molar-refractivity contribution in [2.45, 2.75) is 32.7 Å². The zero-order valence-corrected chi connectivity index (χ0v) is 12.1. The summed E-state index contributed by atoms with van der Waals surface area (Å²) in [5, 5.41) is 0.116. The highest BCUT2D eigenvalue weighted by Gasteiger charge is 2.22. The third kappa shape index (κ3) is 2.34. The van der Waals surface area contributed by atoms with Crippen molar-refractivity contribution in [1.82, 2.24) is 9.55 Å². The number of aryl methyl sites for hydroxylation is 1. The minimum Gasteiger partial charge on any atom is -0.323 e. The van der Waals surface area contributed by atoms with E-state index in [-0.39, 0.29) is 10.6 Å². The number of hydrogen-bond acceptors (Lipinski definition) is 1. The Bertz CT molecular complexity index is 585. The van der Waals surface area contributed by atoms with E-state index < -0.39 is 5.82 Å². The number of aromatic nitrogens is 2. The molecule has 0 aliphatic rings. The van der Waals surface area contributed by atoms with Crippen LogP contribution in [0.25, 0.3) is 11.0 Å². The van der Waals surface area contributed by atoms with Gasteiger partial charge in [-0.3, -0.25) is 0 Å². The molecule has 0 saturated heterocycles. The van der Waals surface area contributed by atoms with Crippen LogP contribution in [-0.2, 0) is 12.0 Å². The molecule has 1 aromatic heterocycles. The van der Waals surface area contributed by atoms with E-state index >= 15 is 0 Å². The van der Waals surface area contributed by atoms with Gasteiger partial charge in [0.1, 0.15) is 11.6 Å². The normalized spacial score (nSPS) is 12.3. The first-order valence-electron chi connectivity index (χ1n) is 5.77. The molecule has 18 heavy (non-hydrogen) atoms. The quantitative estimate of drug-likeness (QED) is 0.751. The molecule has 0 spiro atoms. The number of halogens is 3. The van der Waals surface area contributed by atoms with Gasteiger partial charge in [-0.1, -0.05) is 11.6 Å². The summed E-state index contributed by atoms with van der Waals surface area (Å²) >= 11 is 11.6. The molecule has 0 aliphatic carbocycles. The number of benzene rings is 1. The second-order valence-electron chi connectivity index (χ2n) is 5.23. The van der Waals surface area contributed by atoms with Crippen LogP contribution >= 0.6 is 23.2 Å². The van der Waals surface area contributed by atoms with Crippen LogP contribution in [0.1, 0.15) is 26.6 Å². The number of imidazole rings is 1. The minimum absolute atomic E-state index is 0.116. The molecule has 2 nitrogen and oxygen atoms in total. The van der Waals surface area contributed by atoms with Gasteiger partial charge in [-0.25, -0.2) is 9.37 Å². The second-order valence-corrected chi connectivity index (χ2v) is 6.01. The fourth-order valence-electron chi connectivity index (χ4n) is 2.12. The number of rotatable bonds is 2. The summed E-state index contributed by atoms with van der Waals surface area (Å²) in [6.45, 7) is 6.22. The minimum atomic E-state index is -0.444. The van der Waals surface area contributed by atoms with Gasteiger partial charge in [0.25, 0.3) is 0 Å². The second kappa shape index (κ2) is 4.71. The topological polar surface area (TPSA) is 17.8 Å². The molecule has 0 unspecified atom stereocenters. The molecule has 0 N–H and O–H groups in total. The van der Waals surface area contributed by atoms with E-state index in [2.05, 4.69) is 30.3 Å². The predicted molar refractivity (Wildman–Crippen MR) is 74.1 cm³/mol. The Morgan fingerprint density at radius 3 is 2.56 bits per heavy atom. The van der Waals surface area contributed by atoms with E-state index in [1.165, 1.54) is 6.07 Å². The molecule has 5 heteroatoms. The summed E-state index contributed by atoms with van der Waals surface area (Å²) in [6, 6.07) is 3.00. The van der Waals surface area contributed by atoms with E-state index in [0.717, 1.165) is 11.3 Å². The Labute approximate surface area is 116 Å². The van der Waals surface area contributed by atoms with Crippen LogP contribution < -0.4 is 0 Å². The van der Waals surface area contributed by atoms with Crippen molar-refractivity contribution in [3.05, 3.63) is 28.8 Å². The Morgan fingerprint density at radius 1 is 1.33 bits per heavy atom. The summed E-state index contributed by atoms with van der Waals surface area (Å²) in [7, 11) is 0. The largest absolute Gasteiger partial charge is 0.323 e. The third-order valence-corrected chi connectivity index (χ3v) is 3.23. The molecule has 2 rings (SSSR count). The van der Waals surface area contributed by atoms with Crippen LogP contribution in [0.3, 0.4) is 0 Å². The molecule has 0 bridgehead atoms. The molecule has 1 heterocycles.